The van der Waals surface area contributed by atoms with Gasteiger partial charge in [0.2, 0.25) is 11.8 Å². The molecule has 0 N–H and O–H groups in total. The first kappa shape index (κ1) is 19.7. The number of carbonyl (C=O) groups is 1. The summed E-state index contributed by atoms with van der Waals surface area (Å²) in [6.07, 6.45) is 5.73. The first-order valence-corrected chi connectivity index (χ1v) is 11.1. The van der Waals surface area contributed by atoms with Crippen molar-refractivity contribution in [2.24, 2.45) is 0 Å². The Bertz CT molecular complexity index is 934. The van der Waals surface area contributed by atoms with Crippen LogP contribution in [0.4, 0.5) is 5.69 Å². The average molecular weight is 408 g/mol. The molecule has 0 unspecified atom stereocenters. The van der Waals surface area contributed by atoms with E-state index in [1.165, 1.54) is 36.6 Å². The monoisotopic (exact) mass is 407 g/mol. The van der Waals surface area contributed by atoms with Crippen LogP contribution in [0.25, 0.3) is 11.5 Å². The highest BCUT2D eigenvalue weighted by molar-refractivity contribution is 7.99. The molecular formula is C23H25N3O2S. The number of hydrogen-bond acceptors (Lipinski definition) is 5. The molecule has 1 aliphatic rings. The number of aromatic nitrogens is 2. The zero-order valence-electron chi connectivity index (χ0n) is 16.6. The highest BCUT2D eigenvalue weighted by atomic mass is 32.2. The number of amides is 1. The maximum Gasteiger partial charge on any atom is 0.277 e. The van der Waals surface area contributed by atoms with Gasteiger partial charge in [-0.15, -0.1) is 10.2 Å². The van der Waals surface area contributed by atoms with Gasteiger partial charge in [-0.3, -0.25) is 4.79 Å². The minimum absolute atomic E-state index is 0.0863. The van der Waals surface area contributed by atoms with Crippen LogP contribution < -0.4 is 4.90 Å². The lowest BCUT2D eigenvalue weighted by Gasteiger charge is -2.34. The third kappa shape index (κ3) is 4.88. The van der Waals surface area contributed by atoms with Crippen molar-refractivity contribution in [2.75, 3.05) is 10.7 Å². The van der Waals surface area contributed by atoms with E-state index in [0.717, 1.165) is 24.1 Å². The quantitative estimate of drug-likeness (QED) is 0.505. The van der Waals surface area contributed by atoms with Crippen molar-refractivity contribution < 1.29 is 9.21 Å². The van der Waals surface area contributed by atoms with Gasteiger partial charge in [0.25, 0.3) is 5.22 Å². The van der Waals surface area contributed by atoms with Gasteiger partial charge in [-0.1, -0.05) is 66.9 Å². The van der Waals surface area contributed by atoms with Crippen LogP contribution in [0, 0.1) is 6.92 Å². The number of benzene rings is 2. The Morgan fingerprint density at radius 2 is 1.76 bits per heavy atom. The molecule has 150 valence electrons. The molecule has 1 fully saturated rings. The number of rotatable bonds is 6. The zero-order chi connectivity index (χ0) is 20.1. The smallest absolute Gasteiger partial charge is 0.277 e. The van der Waals surface area contributed by atoms with E-state index < -0.39 is 0 Å². The van der Waals surface area contributed by atoms with Crippen molar-refractivity contribution in [1.29, 1.82) is 0 Å². The maximum atomic E-state index is 13.1. The Morgan fingerprint density at radius 1 is 1.03 bits per heavy atom. The Balaban J connectivity index is 1.45. The van der Waals surface area contributed by atoms with Gasteiger partial charge >= 0.3 is 0 Å². The van der Waals surface area contributed by atoms with Gasteiger partial charge in [0.15, 0.2) is 0 Å². The van der Waals surface area contributed by atoms with Gasteiger partial charge in [-0.2, -0.15) is 0 Å². The number of anilines is 1. The fraction of sp³-hybridized carbons (Fsp3) is 0.348. The third-order valence-electron chi connectivity index (χ3n) is 5.27. The predicted molar refractivity (Wildman–Crippen MR) is 116 cm³/mol. The minimum Gasteiger partial charge on any atom is -0.411 e. The molecule has 0 atom stereocenters. The Hall–Kier alpha value is -2.60. The number of para-hydroxylation sites is 1. The zero-order valence-corrected chi connectivity index (χ0v) is 17.4. The van der Waals surface area contributed by atoms with Gasteiger partial charge in [0, 0.05) is 17.3 Å². The Kier molecular flexibility index (Phi) is 6.30. The molecule has 0 aliphatic heterocycles. The van der Waals surface area contributed by atoms with Crippen LogP contribution in [-0.2, 0) is 4.79 Å². The molecule has 1 aliphatic carbocycles. The van der Waals surface area contributed by atoms with E-state index in [0.29, 0.717) is 11.1 Å². The highest BCUT2D eigenvalue weighted by Gasteiger charge is 2.27. The third-order valence-corrected chi connectivity index (χ3v) is 6.07. The summed E-state index contributed by atoms with van der Waals surface area (Å²) in [5, 5.41) is 8.65. The van der Waals surface area contributed by atoms with E-state index in [1.807, 2.05) is 66.4 Å². The van der Waals surface area contributed by atoms with Gasteiger partial charge in [0.05, 0.1) is 5.75 Å². The first-order chi connectivity index (χ1) is 14.2. The SMILES string of the molecule is Cc1ccc(-c2nnc(SCC(=O)N(c3ccccc3)C3CCCCC3)o2)cc1. The van der Waals surface area contributed by atoms with Crippen molar-refractivity contribution in [2.45, 2.75) is 50.3 Å². The van der Waals surface area contributed by atoms with Gasteiger partial charge in [0.1, 0.15) is 0 Å². The van der Waals surface area contributed by atoms with Crippen LogP contribution >= 0.6 is 11.8 Å². The van der Waals surface area contributed by atoms with Crippen LogP contribution in [0.5, 0.6) is 0 Å². The summed E-state index contributed by atoms with van der Waals surface area (Å²) in [6, 6.07) is 18.2. The molecule has 1 heterocycles. The van der Waals surface area contributed by atoms with Crippen LogP contribution in [0.2, 0.25) is 0 Å². The van der Waals surface area contributed by atoms with E-state index in [1.54, 1.807) is 0 Å². The van der Waals surface area contributed by atoms with Crippen LogP contribution in [-0.4, -0.2) is 27.9 Å². The van der Waals surface area contributed by atoms with Crippen molar-refractivity contribution >= 4 is 23.4 Å². The molecule has 0 radical (unpaired) electrons. The lowest BCUT2D eigenvalue weighted by molar-refractivity contribution is -0.116. The fourth-order valence-corrected chi connectivity index (χ4v) is 4.38. The van der Waals surface area contributed by atoms with Gasteiger partial charge < -0.3 is 9.32 Å². The number of thioether (sulfide) groups is 1. The Morgan fingerprint density at radius 3 is 2.48 bits per heavy atom. The lowest BCUT2D eigenvalue weighted by atomic mass is 9.93. The molecule has 4 rings (SSSR count). The van der Waals surface area contributed by atoms with E-state index in [9.17, 15) is 4.79 Å². The topological polar surface area (TPSA) is 59.2 Å². The number of hydrogen-bond donors (Lipinski definition) is 0. The second-order valence-electron chi connectivity index (χ2n) is 7.42. The second kappa shape index (κ2) is 9.27. The molecule has 0 saturated heterocycles. The molecule has 29 heavy (non-hydrogen) atoms. The number of nitrogens with zero attached hydrogens (tertiary/aromatic N) is 3. The first-order valence-electron chi connectivity index (χ1n) is 10.1. The van der Waals surface area contributed by atoms with E-state index in [2.05, 4.69) is 10.2 Å². The lowest BCUT2D eigenvalue weighted by Crippen LogP contribution is -2.42. The van der Waals surface area contributed by atoms with Crippen molar-refractivity contribution in [3.05, 3.63) is 60.2 Å². The molecule has 3 aromatic rings. The standard InChI is InChI=1S/C23H25N3O2S/c1-17-12-14-18(15-13-17)22-24-25-23(28-22)29-16-21(27)26(19-8-4-2-5-9-19)20-10-6-3-7-11-20/h2,4-5,8-9,12-15,20H,3,6-7,10-11,16H2,1H3. The summed E-state index contributed by atoms with van der Waals surface area (Å²) in [6.45, 7) is 2.04. The van der Waals surface area contributed by atoms with Crippen LogP contribution in [0.3, 0.4) is 0 Å². The summed E-state index contributed by atoms with van der Waals surface area (Å²) < 4.78 is 5.76. The molecule has 1 saturated carbocycles. The second-order valence-corrected chi connectivity index (χ2v) is 8.35. The van der Waals surface area contributed by atoms with Crippen molar-refractivity contribution in [3.63, 3.8) is 0 Å². The fourth-order valence-electron chi connectivity index (χ4n) is 3.76. The normalized spacial score (nSPS) is 14.7. The maximum absolute atomic E-state index is 13.1. The van der Waals surface area contributed by atoms with Gasteiger partial charge in [-0.25, -0.2) is 0 Å². The number of carbonyl (C=O) groups excluding carboxylic acids is 1. The number of aryl methyl sites for hydroxylation is 1. The largest absolute Gasteiger partial charge is 0.411 e. The molecule has 2 aromatic carbocycles. The van der Waals surface area contributed by atoms with E-state index in [-0.39, 0.29) is 17.7 Å². The molecule has 5 nitrogen and oxygen atoms in total. The summed E-state index contributed by atoms with van der Waals surface area (Å²) in [5.41, 5.74) is 3.03. The molecular weight excluding hydrogens is 382 g/mol. The summed E-state index contributed by atoms with van der Waals surface area (Å²) in [7, 11) is 0. The van der Waals surface area contributed by atoms with E-state index >= 15 is 0 Å². The summed E-state index contributed by atoms with van der Waals surface area (Å²) in [5.74, 6) is 0.844. The molecule has 0 bridgehead atoms. The van der Waals surface area contributed by atoms with Crippen molar-refractivity contribution in [1.82, 2.24) is 10.2 Å². The van der Waals surface area contributed by atoms with Crippen LogP contribution in [0.15, 0.2) is 64.2 Å². The Labute approximate surface area is 175 Å². The predicted octanol–water partition coefficient (Wildman–Crippen LogP) is 5.50. The van der Waals surface area contributed by atoms with E-state index in [4.69, 9.17) is 4.42 Å². The van der Waals surface area contributed by atoms with Crippen molar-refractivity contribution in [3.8, 4) is 11.5 Å². The molecule has 1 amide bonds. The van der Waals surface area contributed by atoms with Gasteiger partial charge in [-0.05, 0) is 44.0 Å². The average Bonchev–Trinajstić information content (AvgIpc) is 3.24. The minimum atomic E-state index is 0.0863. The van der Waals surface area contributed by atoms with Crippen LogP contribution in [0.1, 0.15) is 37.7 Å². The highest BCUT2D eigenvalue weighted by Crippen LogP contribution is 2.29. The summed E-state index contributed by atoms with van der Waals surface area (Å²) in [4.78, 5) is 15.1. The molecule has 1 aromatic heterocycles. The molecule has 6 heteroatoms. The summed E-state index contributed by atoms with van der Waals surface area (Å²) >= 11 is 1.30. The molecule has 0 spiro atoms.